The fourth-order valence-corrected chi connectivity index (χ4v) is 3.54. The summed E-state index contributed by atoms with van der Waals surface area (Å²) in [4.78, 5) is 39.5. The summed E-state index contributed by atoms with van der Waals surface area (Å²) < 4.78 is 5.04. The van der Waals surface area contributed by atoms with Crippen molar-refractivity contribution in [2.75, 3.05) is 13.7 Å². The standard InChI is InChI=1S/C18H28N2O4/c1-11(2)9-15(16(21)19-12(3)10-24-4)20-17(22)13-7-5-6-8-14(13)18(20)23/h5-6,11-15H,7-10H2,1-4H3,(H,19,21)/t12-,13+,14+,15-/m0/s1. The van der Waals surface area contributed by atoms with Gasteiger partial charge in [-0.25, -0.2) is 0 Å². The number of imide groups is 1. The molecule has 134 valence electrons. The fraction of sp³-hybridized carbons (Fsp3) is 0.722. The second kappa shape index (κ2) is 7.92. The van der Waals surface area contributed by atoms with Crippen LogP contribution in [0.5, 0.6) is 0 Å². The van der Waals surface area contributed by atoms with E-state index in [1.165, 1.54) is 4.90 Å². The summed E-state index contributed by atoms with van der Waals surface area (Å²) >= 11 is 0. The van der Waals surface area contributed by atoms with Crippen molar-refractivity contribution in [3.8, 4) is 0 Å². The first-order valence-electron chi connectivity index (χ1n) is 8.68. The van der Waals surface area contributed by atoms with Gasteiger partial charge in [0, 0.05) is 13.2 Å². The van der Waals surface area contributed by atoms with Gasteiger partial charge in [0.25, 0.3) is 0 Å². The molecular formula is C18H28N2O4. The third-order valence-electron chi connectivity index (χ3n) is 4.66. The number of nitrogens with zero attached hydrogens (tertiary/aromatic N) is 1. The number of hydrogen-bond donors (Lipinski definition) is 1. The lowest BCUT2D eigenvalue weighted by Crippen LogP contribution is -2.52. The minimum atomic E-state index is -0.741. The Morgan fingerprint density at radius 2 is 1.75 bits per heavy atom. The van der Waals surface area contributed by atoms with Crippen LogP contribution in [0.15, 0.2) is 12.2 Å². The molecule has 2 aliphatic rings. The molecular weight excluding hydrogens is 308 g/mol. The molecule has 0 aromatic heterocycles. The van der Waals surface area contributed by atoms with E-state index in [9.17, 15) is 14.4 Å². The Bertz CT molecular complexity index is 503. The second-order valence-corrected chi connectivity index (χ2v) is 7.21. The molecule has 1 saturated heterocycles. The molecule has 6 nitrogen and oxygen atoms in total. The topological polar surface area (TPSA) is 75.7 Å². The number of likely N-dealkylation sites (tertiary alicyclic amines) is 1. The Kier molecular flexibility index (Phi) is 6.15. The first-order chi connectivity index (χ1) is 11.4. The molecule has 1 fully saturated rings. The van der Waals surface area contributed by atoms with Crippen LogP contribution in [0.1, 0.15) is 40.0 Å². The van der Waals surface area contributed by atoms with Crippen molar-refractivity contribution in [2.24, 2.45) is 17.8 Å². The van der Waals surface area contributed by atoms with Gasteiger partial charge in [-0.05, 0) is 32.1 Å². The van der Waals surface area contributed by atoms with E-state index < -0.39 is 6.04 Å². The predicted molar refractivity (Wildman–Crippen MR) is 89.9 cm³/mol. The average Bonchev–Trinajstić information content (AvgIpc) is 2.77. The van der Waals surface area contributed by atoms with Crippen LogP contribution in [-0.2, 0) is 19.1 Å². The monoisotopic (exact) mass is 336 g/mol. The lowest BCUT2D eigenvalue weighted by Gasteiger charge is -2.28. The van der Waals surface area contributed by atoms with Gasteiger partial charge in [0.15, 0.2) is 0 Å². The third kappa shape index (κ3) is 3.86. The summed E-state index contributed by atoms with van der Waals surface area (Å²) in [6, 6.07) is -0.913. The van der Waals surface area contributed by atoms with Crippen LogP contribution < -0.4 is 5.32 Å². The van der Waals surface area contributed by atoms with Crippen LogP contribution in [0.3, 0.4) is 0 Å². The second-order valence-electron chi connectivity index (χ2n) is 7.21. The van der Waals surface area contributed by atoms with E-state index in [0.29, 0.717) is 25.9 Å². The third-order valence-corrected chi connectivity index (χ3v) is 4.66. The summed E-state index contributed by atoms with van der Waals surface area (Å²) in [6.07, 6.45) is 5.54. The molecule has 6 heteroatoms. The Labute approximate surface area is 143 Å². The Balaban J connectivity index is 2.19. The normalized spacial score (nSPS) is 25.8. The van der Waals surface area contributed by atoms with Crippen LogP contribution in [0.4, 0.5) is 0 Å². The SMILES string of the molecule is COC[C@H](C)NC(=O)[C@H](CC(C)C)N1C(=O)[C@@H]2CC=CC[C@H]2C1=O. The number of allylic oxidation sites excluding steroid dienone is 2. The van der Waals surface area contributed by atoms with Gasteiger partial charge in [0.1, 0.15) is 6.04 Å². The first kappa shape index (κ1) is 18.6. The van der Waals surface area contributed by atoms with Crippen molar-refractivity contribution in [3.63, 3.8) is 0 Å². The minimum Gasteiger partial charge on any atom is -0.383 e. The van der Waals surface area contributed by atoms with E-state index in [-0.39, 0.29) is 41.5 Å². The molecule has 0 aromatic rings. The zero-order chi connectivity index (χ0) is 17.9. The van der Waals surface area contributed by atoms with E-state index in [4.69, 9.17) is 4.74 Å². The zero-order valence-electron chi connectivity index (χ0n) is 15.0. The Morgan fingerprint density at radius 3 is 2.21 bits per heavy atom. The summed E-state index contributed by atoms with van der Waals surface area (Å²) in [7, 11) is 1.57. The summed E-state index contributed by atoms with van der Waals surface area (Å²) in [6.45, 7) is 6.19. The van der Waals surface area contributed by atoms with E-state index in [1.54, 1.807) is 7.11 Å². The van der Waals surface area contributed by atoms with Gasteiger partial charge < -0.3 is 10.1 Å². The number of hydrogen-bond acceptors (Lipinski definition) is 4. The van der Waals surface area contributed by atoms with Crippen LogP contribution >= 0.6 is 0 Å². The van der Waals surface area contributed by atoms with Crippen molar-refractivity contribution >= 4 is 17.7 Å². The fourth-order valence-electron chi connectivity index (χ4n) is 3.54. The zero-order valence-corrected chi connectivity index (χ0v) is 15.0. The van der Waals surface area contributed by atoms with E-state index >= 15 is 0 Å². The Hall–Kier alpha value is -1.69. The van der Waals surface area contributed by atoms with Crippen LogP contribution in [-0.4, -0.2) is 48.4 Å². The van der Waals surface area contributed by atoms with Crippen molar-refractivity contribution in [3.05, 3.63) is 12.2 Å². The molecule has 0 aromatic carbocycles. The summed E-state index contributed by atoms with van der Waals surface area (Å²) in [5.74, 6) is -1.09. The molecule has 0 spiro atoms. The molecule has 2 rings (SSSR count). The van der Waals surface area contributed by atoms with Crippen molar-refractivity contribution in [1.82, 2.24) is 10.2 Å². The highest BCUT2D eigenvalue weighted by molar-refractivity contribution is 6.08. The van der Waals surface area contributed by atoms with Crippen molar-refractivity contribution in [2.45, 2.75) is 52.1 Å². The molecule has 1 N–H and O–H groups in total. The number of nitrogens with one attached hydrogen (secondary N) is 1. The van der Waals surface area contributed by atoms with Gasteiger partial charge in [0.05, 0.1) is 18.4 Å². The number of amides is 3. The van der Waals surface area contributed by atoms with E-state index in [0.717, 1.165) is 0 Å². The maximum Gasteiger partial charge on any atom is 0.243 e. The van der Waals surface area contributed by atoms with E-state index in [1.807, 2.05) is 32.9 Å². The van der Waals surface area contributed by atoms with Gasteiger partial charge in [0.2, 0.25) is 17.7 Å². The highest BCUT2D eigenvalue weighted by atomic mass is 16.5. The first-order valence-corrected chi connectivity index (χ1v) is 8.68. The maximum atomic E-state index is 12.8. The summed E-state index contributed by atoms with van der Waals surface area (Å²) in [5.41, 5.74) is 0. The number of fused-ring (bicyclic) bond motifs is 1. The molecule has 1 aliphatic carbocycles. The lowest BCUT2D eigenvalue weighted by atomic mass is 9.85. The highest BCUT2D eigenvalue weighted by Gasteiger charge is 2.51. The highest BCUT2D eigenvalue weighted by Crippen LogP contribution is 2.37. The van der Waals surface area contributed by atoms with Gasteiger partial charge in [-0.2, -0.15) is 0 Å². The molecule has 1 aliphatic heterocycles. The van der Waals surface area contributed by atoms with E-state index in [2.05, 4.69) is 5.32 Å². The largest absolute Gasteiger partial charge is 0.383 e. The minimum absolute atomic E-state index is 0.172. The maximum absolute atomic E-state index is 12.8. The van der Waals surface area contributed by atoms with Gasteiger partial charge in [-0.1, -0.05) is 26.0 Å². The van der Waals surface area contributed by atoms with Crippen molar-refractivity contribution < 1.29 is 19.1 Å². The molecule has 4 atom stereocenters. The molecule has 0 radical (unpaired) electrons. The van der Waals surface area contributed by atoms with Gasteiger partial charge in [-0.3, -0.25) is 19.3 Å². The molecule has 1 heterocycles. The lowest BCUT2D eigenvalue weighted by molar-refractivity contribution is -0.148. The van der Waals surface area contributed by atoms with Crippen molar-refractivity contribution in [1.29, 1.82) is 0 Å². The number of methoxy groups -OCH3 is 1. The number of rotatable bonds is 7. The Morgan fingerprint density at radius 1 is 1.21 bits per heavy atom. The molecule has 24 heavy (non-hydrogen) atoms. The predicted octanol–water partition coefficient (Wildman–Crippen LogP) is 1.50. The molecule has 0 unspecified atom stereocenters. The van der Waals surface area contributed by atoms with Crippen LogP contribution in [0, 0.1) is 17.8 Å². The average molecular weight is 336 g/mol. The molecule has 0 saturated carbocycles. The summed E-state index contributed by atoms with van der Waals surface area (Å²) in [5, 5.41) is 2.86. The quantitative estimate of drug-likeness (QED) is 0.565. The smallest absolute Gasteiger partial charge is 0.243 e. The molecule has 3 amide bonds. The van der Waals surface area contributed by atoms with Gasteiger partial charge >= 0.3 is 0 Å². The number of carbonyl (C=O) groups excluding carboxylic acids is 3. The van der Waals surface area contributed by atoms with Crippen LogP contribution in [0.2, 0.25) is 0 Å². The van der Waals surface area contributed by atoms with Crippen LogP contribution in [0.25, 0.3) is 0 Å². The molecule has 0 bridgehead atoms. The number of ether oxygens (including phenoxy) is 1. The van der Waals surface area contributed by atoms with Gasteiger partial charge in [-0.15, -0.1) is 0 Å². The number of carbonyl (C=O) groups is 3.